The topological polar surface area (TPSA) is 74.5 Å². The second-order valence-electron chi connectivity index (χ2n) is 3.38. The first kappa shape index (κ1) is 12.1. The van der Waals surface area contributed by atoms with Crippen molar-refractivity contribution in [1.29, 1.82) is 0 Å². The summed E-state index contributed by atoms with van der Waals surface area (Å²) in [4.78, 5) is 15.3. The number of hydrogen-bond donors (Lipinski definition) is 0. The molecule has 1 aromatic carbocycles. The molecule has 0 radical (unpaired) electrons. The minimum atomic E-state index is -0.601. The van der Waals surface area contributed by atoms with E-state index in [1.165, 1.54) is 0 Å². The van der Waals surface area contributed by atoms with Gasteiger partial charge in [-0.2, -0.15) is 4.98 Å². The first-order chi connectivity index (χ1) is 8.74. The van der Waals surface area contributed by atoms with Crippen LogP contribution in [0.2, 0.25) is 0 Å². The van der Waals surface area contributed by atoms with Crippen molar-refractivity contribution in [2.75, 3.05) is 13.7 Å². The number of aromatic nitrogens is 2. The van der Waals surface area contributed by atoms with E-state index in [0.29, 0.717) is 11.3 Å². The molecule has 0 amide bonds. The Labute approximate surface area is 104 Å². The third-order valence-corrected chi connectivity index (χ3v) is 2.20. The molecule has 0 aliphatic carbocycles. The van der Waals surface area contributed by atoms with E-state index in [1.807, 2.05) is 0 Å². The van der Waals surface area contributed by atoms with Gasteiger partial charge in [-0.15, -0.1) is 0 Å². The highest BCUT2D eigenvalue weighted by Crippen LogP contribution is 2.22. The molecule has 1 heterocycles. The summed E-state index contributed by atoms with van der Waals surface area (Å²) in [6.45, 7) is 1.98. The lowest BCUT2D eigenvalue weighted by Crippen LogP contribution is -2.06. The van der Waals surface area contributed by atoms with E-state index in [4.69, 9.17) is 14.0 Å². The number of carbonyl (C=O) groups excluding carboxylic acids is 1. The minimum absolute atomic E-state index is 0.0883. The number of benzene rings is 1. The summed E-state index contributed by atoms with van der Waals surface area (Å²) in [6.07, 6.45) is 0. The maximum atomic E-state index is 11.4. The zero-order valence-electron chi connectivity index (χ0n) is 10.0. The molecule has 0 aliphatic rings. The first-order valence-corrected chi connectivity index (χ1v) is 5.40. The van der Waals surface area contributed by atoms with E-state index in [-0.39, 0.29) is 18.3 Å². The molecule has 94 valence electrons. The quantitative estimate of drug-likeness (QED) is 0.769. The van der Waals surface area contributed by atoms with Gasteiger partial charge in [-0.05, 0) is 30.3 Å². The Balaban J connectivity index is 2.26. The molecule has 2 aromatic rings. The van der Waals surface area contributed by atoms with Gasteiger partial charge in [0.2, 0.25) is 0 Å². The smallest absolute Gasteiger partial charge is 0.379 e. The number of esters is 1. The van der Waals surface area contributed by atoms with Crippen LogP contribution in [0.25, 0.3) is 11.5 Å². The Bertz CT molecular complexity index is 551. The molecule has 6 heteroatoms. The molecular formula is C12H12N2O4. The van der Waals surface area contributed by atoms with Crippen LogP contribution in [0.15, 0.2) is 28.8 Å². The van der Waals surface area contributed by atoms with Gasteiger partial charge in [0, 0.05) is 5.56 Å². The number of methoxy groups -OCH3 is 1. The zero-order valence-corrected chi connectivity index (χ0v) is 10.0. The maximum absolute atomic E-state index is 11.4. The summed E-state index contributed by atoms with van der Waals surface area (Å²) < 4.78 is 14.9. The normalized spacial score (nSPS) is 10.1. The van der Waals surface area contributed by atoms with Crippen LogP contribution in [0, 0.1) is 0 Å². The zero-order chi connectivity index (χ0) is 13.0. The number of carbonyl (C=O) groups is 1. The summed E-state index contributed by atoms with van der Waals surface area (Å²) in [5, 5.41) is 3.57. The highest BCUT2D eigenvalue weighted by molar-refractivity contribution is 5.85. The molecule has 0 bridgehead atoms. The van der Waals surface area contributed by atoms with Gasteiger partial charge >= 0.3 is 5.97 Å². The molecule has 2 rings (SSSR count). The van der Waals surface area contributed by atoms with Crippen molar-refractivity contribution in [3.8, 4) is 17.2 Å². The summed E-state index contributed by atoms with van der Waals surface area (Å²) in [5.41, 5.74) is 0.678. The van der Waals surface area contributed by atoms with Gasteiger partial charge in [-0.3, -0.25) is 0 Å². The highest BCUT2D eigenvalue weighted by Gasteiger charge is 2.16. The Morgan fingerprint density at radius 2 is 2.28 bits per heavy atom. The summed E-state index contributed by atoms with van der Waals surface area (Å²) in [6, 6.07) is 7.11. The van der Waals surface area contributed by atoms with E-state index in [0.717, 1.165) is 0 Å². The van der Waals surface area contributed by atoms with Crippen molar-refractivity contribution >= 4 is 5.97 Å². The SMILES string of the molecule is CCOC(=O)c1noc(-c2cccc(OC)c2)n1. The summed E-state index contributed by atoms with van der Waals surface area (Å²) >= 11 is 0. The van der Waals surface area contributed by atoms with Gasteiger partial charge in [0.05, 0.1) is 13.7 Å². The third kappa shape index (κ3) is 2.48. The van der Waals surface area contributed by atoms with Crippen molar-refractivity contribution in [2.45, 2.75) is 6.92 Å². The Morgan fingerprint density at radius 1 is 1.44 bits per heavy atom. The Hall–Kier alpha value is -2.37. The van der Waals surface area contributed by atoms with Gasteiger partial charge < -0.3 is 14.0 Å². The molecule has 18 heavy (non-hydrogen) atoms. The predicted octanol–water partition coefficient (Wildman–Crippen LogP) is 1.92. The van der Waals surface area contributed by atoms with Crippen molar-refractivity contribution in [2.24, 2.45) is 0 Å². The van der Waals surface area contributed by atoms with Gasteiger partial charge in [0.1, 0.15) is 5.75 Å². The van der Waals surface area contributed by atoms with Crippen LogP contribution in [0.5, 0.6) is 5.75 Å². The fourth-order valence-electron chi connectivity index (χ4n) is 1.38. The van der Waals surface area contributed by atoms with Gasteiger partial charge in [-0.1, -0.05) is 6.07 Å². The van der Waals surface area contributed by atoms with Gasteiger partial charge in [-0.25, -0.2) is 4.79 Å². The molecule has 0 unspecified atom stereocenters. The largest absolute Gasteiger partial charge is 0.497 e. The van der Waals surface area contributed by atoms with Crippen LogP contribution in [0.1, 0.15) is 17.5 Å². The lowest BCUT2D eigenvalue weighted by Gasteiger charge is -1.99. The summed E-state index contributed by atoms with van der Waals surface area (Å²) in [7, 11) is 1.57. The molecule has 6 nitrogen and oxygen atoms in total. The molecular weight excluding hydrogens is 236 g/mol. The Kier molecular flexibility index (Phi) is 3.57. The second-order valence-corrected chi connectivity index (χ2v) is 3.38. The third-order valence-electron chi connectivity index (χ3n) is 2.20. The van der Waals surface area contributed by atoms with Crippen LogP contribution >= 0.6 is 0 Å². The predicted molar refractivity (Wildman–Crippen MR) is 62.2 cm³/mol. The van der Waals surface area contributed by atoms with Crippen LogP contribution in [0.3, 0.4) is 0 Å². The van der Waals surface area contributed by atoms with Crippen LogP contribution in [-0.4, -0.2) is 29.8 Å². The second kappa shape index (κ2) is 5.31. The maximum Gasteiger partial charge on any atom is 0.379 e. The first-order valence-electron chi connectivity index (χ1n) is 5.40. The number of hydrogen-bond acceptors (Lipinski definition) is 6. The van der Waals surface area contributed by atoms with E-state index in [1.54, 1.807) is 38.3 Å². The average Bonchev–Trinajstić information content (AvgIpc) is 2.89. The lowest BCUT2D eigenvalue weighted by molar-refractivity contribution is 0.0508. The molecule has 0 N–H and O–H groups in total. The minimum Gasteiger partial charge on any atom is -0.497 e. The van der Waals surface area contributed by atoms with Crippen molar-refractivity contribution in [1.82, 2.24) is 10.1 Å². The molecule has 0 aliphatic heterocycles. The number of nitrogens with zero attached hydrogens (tertiary/aromatic N) is 2. The van der Waals surface area contributed by atoms with Crippen LogP contribution in [-0.2, 0) is 4.74 Å². The lowest BCUT2D eigenvalue weighted by atomic mass is 10.2. The van der Waals surface area contributed by atoms with Gasteiger partial charge in [0.15, 0.2) is 0 Å². The van der Waals surface area contributed by atoms with E-state index in [9.17, 15) is 4.79 Å². The molecule has 1 aromatic heterocycles. The van der Waals surface area contributed by atoms with Crippen molar-refractivity contribution in [3.63, 3.8) is 0 Å². The van der Waals surface area contributed by atoms with Crippen LogP contribution < -0.4 is 4.74 Å². The van der Waals surface area contributed by atoms with E-state index >= 15 is 0 Å². The molecule has 0 saturated heterocycles. The molecule has 0 atom stereocenters. The monoisotopic (exact) mass is 248 g/mol. The van der Waals surface area contributed by atoms with E-state index < -0.39 is 5.97 Å². The molecule has 0 saturated carbocycles. The molecule has 0 fully saturated rings. The fraction of sp³-hybridized carbons (Fsp3) is 0.250. The number of ether oxygens (including phenoxy) is 2. The van der Waals surface area contributed by atoms with E-state index in [2.05, 4.69) is 10.1 Å². The standard InChI is InChI=1S/C12H12N2O4/c1-3-17-12(15)10-13-11(18-14-10)8-5-4-6-9(7-8)16-2/h4-7H,3H2,1-2H3. The number of rotatable bonds is 4. The average molecular weight is 248 g/mol. The van der Waals surface area contributed by atoms with Crippen molar-refractivity contribution in [3.05, 3.63) is 30.1 Å². The molecule has 0 spiro atoms. The van der Waals surface area contributed by atoms with Gasteiger partial charge in [0.25, 0.3) is 11.7 Å². The fourth-order valence-corrected chi connectivity index (χ4v) is 1.38. The van der Waals surface area contributed by atoms with Crippen LogP contribution in [0.4, 0.5) is 0 Å². The summed E-state index contributed by atoms with van der Waals surface area (Å²) in [5.74, 6) is 0.227. The van der Waals surface area contributed by atoms with Crippen molar-refractivity contribution < 1.29 is 18.8 Å². The highest BCUT2D eigenvalue weighted by atomic mass is 16.5. The Morgan fingerprint density at radius 3 is 3.00 bits per heavy atom.